The summed E-state index contributed by atoms with van der Waals surface area (Å²) < 4.78 is 7.63. The largest absolute Gasteiger partial charge is 0.378 e. The maximum absolute atomic E-state index is 13.0. The van der Waals surface area contributed by atoms with Gasteiger partial charge in [-0.1, -0.05) is 48.2 Å². The van der Waals surface area contributed by atoms with Crippen molar-refractivity contribution in [2.45, 2.75) is 11.7 Å². The summed E-state index contributed by atoms with van der Waals surface area (Å²) >= 11 is 1.46. The molecule has 0 radical (unpaired) electrons. The lowest BCUT2D eigenvalue weighted by Crippen LogP contribution is -2.49. The fourth-order valence-corrected chi connectivity index (χ4v) is 5.07. The van der Waals surface area contributed by atoms with Gasteiger partial charge < -0.3 is 19.4 Å². The van der Waals surface area contributed by atoms with E-state index in [1.54, 1.807) is 6.20 Å². The molecule has 1 amide bonds. The first kappa shape index (κ1) is 22.7. The van der Waals surface area contributed by atoms with Gasteiger partial charge >= 0.3 is 0 Å². The molecule has 2 aromatic heterocycles. The Morgan fingerprint density at radius 3 is 2.38 bits per heavy atom. The average molecular weight is 480 g/mol. The van der Waals surface area contributed by atoms with E-state index in [4.69, 9.17) is 4.74 Å². The van der Waals surface area contributed by atoms with Gasteiger partial charge in [-0.05, 0) is 17.7 Å². The first-order chi connectivity index (χ1) is 16.8. The molecule has 4 heterocycles. The molecule has 10 heteroatoms. The molecule has 1 aromatic carbocycles. The Morgan fingerprint density at radius 1 is 0.882 bits per heavy atom. The molecular weight excluding hydrogens is 450 g/mol. The van der Waals surface area contributed by atoms with Crippen LogP contribution in [-0.2, 0) is 16.1 Å². The van der Waals surface area contributed by atoms with E-state index in [9.17, 15) is 4.79 Å². The minimum Gasteiger partial charge on any atom is -0.378 e. The minimum absolute atomic E-state index is 0.132. The maximum atomic E-state index is 13.0. The Balaban J connectivity index is 1.23. The highest BCUT2D eigenvalue weighted by Crippen LogP contribution is 2.25. The number of aromatic nitrogens is 4. The Kier molecular flexibility index (Phi) is 7.25. The summed E-state index contributed by atoms with van der Waals surface area (Å²) in [4.78, 5) is 23.8. The van der Waals surface area contributed by atoms with Gasteiger partial charge in [-0.15, -0.1) is 10.2 Å². The van der Waals surface area contributed by atoms with Gasteiger partial charge in [0, 0.05) is 45.5 Å². The molecule has 0 unspecified atom stereocenters. The molecule has 0 spiro atoms. The number of pyridine rings is 1. The average Bonchev–Trinajstić information content (AvgIpc) is 3.31. The third kappa shape index (κ3) is 5.34. The van der Waals surface area contributed by atoms with Crippen LogP contribution in [-0.4, -0.2) is 88.8 Å². The zero-order chi connectivity index (χ0) is 23.2. The molecule has 0 saturated carbocycles. The number of anilines is 2. The summed E-state index contributed by atoms with van der Waals surface area (Å²) in [5, 5.41) is 9.73. The van der Waals surface area contributed by atoms with Crippen LogP contribution in [0.5, 0.6) is 0 Å². The van der Waals surface area contributed by atoms with Gasteiger partial charge in [-0.25, -0.2) is 4.98 Å². The van der Waals surface area contributed by atoms with Gasteiger partial charge in [0.1, 0.15) is 5.82 Å². The molecule has 3 aromatic rings. The van der Waals surface area contributed by atoms with E-state index in [2.05, 4.69) is 41.7 Å². The molecule has 2 aliphatic heterocycles. The molecule has 34 heavy (non-hydrogen) atoms. The number of ether oxygens (including phenoxy) is 1. The molecule has 0 bridgehead atoms. The van der Waals surface area contributed by atoms with Gasteiger partial charge in [-0.3, -0.25) is 9.36 Å². The Morgan fingerprint density at radius 2 is 1.65 bits per heavy atom. The van der Waals surface area contributed by atoms with Gasteiger partial charge in [-0.2, -0.15) is 0 Å². The van der Waals surface area contributed by atoms with Crippen LogP contribution in [0.15, 0.2) is 59.9 Å². The topological polar surface area (TPSA) is 79.6 Å². The van der Waals surface area contributed by atoms with Crippen LogP contribution in [0.25, 0.3) is 0 Å². The fourth-order valence-electron chi connectivity index (χ4n) is 4.23. The number of thioether (sulfide) groups is 1. The lowest BCUT2D eigenvalue weighted by molar-refractivity contribution is -0.128. The van der Waals surface area contributed by atoms with Crippen molar-refractivity contribution in [2.75, 3.05) is 68.0 Å². The van der Waals surface area contributed by atoms with Crippen molar-refractivity contribution >= 4 is 29.4 Å². The van der Waals surface area contributed by atoms with Crippen molar-refractivity contribution in [2.24, 2.45) is 0 Å². The highest BCUT2D eigenvalue weighted by molar-refractivity contribution is 7.99. The number of benzene rings is 1. The Labute approximate surface area is 203 Å². The van der Waals surface area contributed by atoms with E-state index < -0.39 is 0 Å². The molecule has 178 valence electrons. The van der Waals surface area contributed by atoms with Gasteiger partial charge in [0.2, 0.25) is 11.9 Å². The summed E-state index contributed by atoms with van der Waals surface area (Å²) in [6.07, 6.45) is 1.81. The molecule has 2 saturated heterocycles. The highest BCUT2D eigenvalue weighted by Gasteiger charge is 2.24. The van der Waals surface area contributed by atoms with E-state index in [0.717, 1.165) is 43.1 Å². The van der Waals surface area contributed by atoms with Crippen LogP contribution in [0.1, 0.15) is 5.56 Å². The van der Waals surface area contributed by atoms with Crippen molar-refractivity contribution in [3.63, 3.8) is 0 Å². The lowest BCUT2D eigenvalue weighted by atomic mass is 10.2. The van der Waals surface area contributed by atoms with Crippen molar-refractivity contribution in [1.29, 1.82) is 0 Å². The van der Waals surface area contributed by atoms with Crippen LogP contribution in [0.4, 0.5) is 11.8 Å². The number of hydrogen-bond acceptors (Lipinski definition) is 8. The maximum Gasteiger partial charge on any atom is 0.233 e. The van der Waals surface area contributed by atoms with Crippen molar-refractivity contribution in [3.8, 4) is 0 Å². The number of rotatable bonds is 7. The van der Waals surface area contributed by atoms with Gasteiger partial charge in [0.25, 0.3) is 0 Å². The van der Waals surface area contributed by atoms with E-state index in [-0.39, 0.29) is 5.91 Å². The molecule has 0 N–H and O–H groups in total. The molecular formula is C24H29N7O2S. The summed E-state index contributed by atoms with van der Waals surface area (Å²) in [6.45, 7) is 6.59. The van der Waals surface area contributed by atoms with Crippen LogP contribution >= 0.6 is 11.8 Å². The lowest BCUT2D eigenvalue weighted by Gasteiger charge is -2.35. The second kappa shape index (κ2) is 10.9. The molecule has 5 rings (SSSR count). The zero-order valence-electron chi connectivity index (χ0n) is 19.1. The van der Waals surface area contributed by atoms with Crippen LogP contribution < -0.4 is 9.80 Å². The molecule has 0 aliphatic carbocycles. The Hall–Kier alpha value is -3.11. The van der Waals surface area contributed by atoms with Crippen LogP contribution in [0.2, 0.25) is 0 Å². The normalized spacial score (nSPS) is 16.6. The molecule has 0 atom stereocenters. The third-order valence-corrected chi connectivity index (χ3v) is 7.06. The highest BCUT2D eigenvalue weighted by atomic mass is 32.2. The number of carbonyl (C=O) groups is 1. The van der Waals surface area contributed by atoms with Gasteiger partial charge in [0.15, 0.2) is 5.16 Å². The Bertz CT molecular complexity index is 1070. The molecule has 9 nitrogen and oxygen atoms in total. The minimum atomic E-state index is 0.132. The number of nitrogens with zero attached hydrogens (tertiary/aromatic N) is 7. The van der Waals surface area contributed by atoms with Crippen molar-refractivity contribution < 1.29 is 9.53 Å². The van der Waals surface area contributed by atoms with E-state index in [0.29, 0.717) is 38.6 Å². The van der Waals surface area contributed by atoms with Crippen molar-refractivity contribution in [3.05, 3.63) is 60.3 Å². The first-order valence-electron chi connectivity index (χ1n) is 11.6. The number of piperazine rings is 1. The predicted molar refractivity (Wildman–Crippen MR) is 132 cm³/mol. The first-order valence-corrected chi connectivity index (χ1v) is 12.6. The SMILES string of the molecule is O=C(CSc1nnc(N2CCOCC2)n1Cc1ccccc1)N1CCN(c2ccccn2)CC1. The second-order valence-electron chi connectivity index (χ2n) is 8.30. The third-order valence-electron chi connectivity index (χ3n) is 6.11. The second-order valence-corrected chi connectivity index (χ2v) is 9.24. The van der Waals surface area contributed by atoms with E-state index in [1.165, 1.54) is 17.3 Å². The van der Waals surface area contributed by atoms with Crippen LogP contribution in [0.3, 0.4) is 0 Å². The predicted octanol–water partition coefficient (Wildman–Crippen LogP) is 2.00. The molecule has 2 aliphatic rings. The van der Waals surface area contributed by atoms with Gasteiger partial charge in [0.05, 0.1) is 25.5 Å². The van der Waals surface area contributed by atoms with Crippen molar-refractivity contribution in [1.82, 2.24) is 24.6 Å². The molecule has 2 fully saturated rings. The number of morpholine rings is 1. The van der Waals surface area contributed by atoms with Crippen LogP contribution in [0, 0.1) is 0 Å². The number of amides is 1. The summed E-state index contributed by atoms with van der Waals surface area (Å²) in [6, 6.07) is 16.2. The summed E-state index contributed by atoms with van der Waals surface area (Å²) in [5.41, 5.74) is 1.18. The summed E-state index contributed by atoms with van der Waals surface area (Å²) in [7, 11) is 0. The standard InChI is InChI=1S/C24H29N7O2S/c32-22(29-12-10-28(11-13-29)21-8-4-5-9-25-21)19-34-24-27-26-23(30-14-16-33-17-15-30)31(24)18-20-6-2-1-3-7-20/h1-9H,10-19H2. The quantitative estimate of drug-likeness (QED) is 0.476. The number of carbonyl (C=O) groups excluding carboxylic acids is 1. The smallest absolute Gasteiger partial charge is 0.233 e. The summed E-state index contributed by atoms with van der Waals surface area (Å²) in [5.74, 6) is 2.28. The number of hydrogen-bond donors (Lipinski definition) is 0. The fraction of sp³-hybridized carbons (Fsp3) is 0.417. The van der Waals surface area contributed by atoms with E-state index >= 15 is 0 Å². The zero-order valence-corrected chi connectivity index (χ0v) is 19.9. The monoisotopic (exact) mass is 479 g/mol. The van der Waals surface area contributed by atoms with E-state index in [1.807, 2.05) is 41.3 Å².